The van der Waals surface area contributed by atoms with Gasteiger partial charge in [-0.3, -0.25) is 14.4 Å². The number of hydrogen-bond donors (Lipinski definition) is 2. The number of hydrogen-bond acceptors (Lipinski definition) is 7. The minimum Gasteiger partial charge on any atom is -0.365 e. The van der Waals surface area contributed by atoms with Crippen molar-refractivity contribution < 1.29 is 9.18 Å². The minimum absolute atomic E-state index is 0.201. The summed E-state index contributed by atoms with van der Waals surface area (Å²) < 4.78 is 14.8. The van der Waals surface area contributed by atoms with Crippen molar-refractivity contribution in [3.05, 3.63) is 65.9 Å². The number of benzene rings is 1. The summed E-state index contributed by atoms with van der Waals surface area (Å²) in [5.74, 6) is -1.01. The van der Waals surface area contributed by atoms with Crippen LogP contribution in [-0.2, 0) is 6.54 Å². The van der Waals surface area contributed by atoms with Gasteiger partial charge in [0.15, 0.2) is 5.82 Å². The summed E-state index contributed by atoms with van der Waals surface area (Å²) >= 11 is 0. The van der Waals surface area contributed by atoms with Crippen LogP contribution in [0.2, 0.25) is 0 Å². The number of carbonyl (C=O) groups is 1. The number of aromatic nitrogens is 4. The maximum atomic E-state index is 13.2. The van der Waals surface area contributed by atoms with Crippen LogP contribution in [-0.4, -0.2) is 43.9 Å². The first-order valence-corrected chi connectivity index (χ1v) is 9.83. The molecule has 2 atom stereocenters. The molecular weight excluding hydrogens is 399 g/mol. The van der Waals surface area contributed by atoms with Gasteiger partial charge >= 0.3 is 0 Å². The number of primary amides is 1. The number of nitrogens with zero attached hydrogens (tertiary/aromatic N) is 6. The van der Waals surface area contributed by atoms with Gasteiger partial charge in [0.1, 0.15) is 11.4 Å². The van der Waals surface area contributed by atoms with E-state index in [0.717, 1.165) is 12.2 Å². The van der Waals surface area contributed by atoms with E-state index in [0.29, 0.717) is 25.2 Å². The first kappa shape index (κ1) is 20.4. The lowest BCUT2D eigenvalue weighted by atomic mass is 9.93. The van der Waals surface area contributed by atoms with E-state index in [9.17, 15) is 14.4 Å². The Balaban J connectivity index is 1.59. The van der Waals surface area contributed by atoms with Gasteiger partial charge in [-0.15, -0.1) is 0 Å². The average molecular weight is 420 g/mol. The van der Waals surface area contributed by atoms with Crippen LogP contribution in [0.3, 0.4) is 0 Å². The number of carbonyl (C=O) groups excluding carboxylic acids is 1. The predicted octanol–water partition coefficient (Wildman–Crippen LogP) is 2.24. The van der Waals surface area contributed by atoms with Gasteiger partial charge in [-0.2, -0.15) is 20.6 Å². The average Bonchev–Trinajstić information content (AvgIpc) is 3.20. The molecule has 1 aliphatic heterocycles. The highest BCUT2D eigenvalue weighted by molar-refractivity contribution is 5.98. The Kier molecular flexibility index (Phi) is 5.86. The van der Waals surface area contributed by atoms with Crippen LogP contribution < -0.4 is 11.1 Å². The second kappa shape index (κ2) is 8.89. The van der Waals surface area contributed by atoms with Gasteiger partial charge < -0.3 is 11.1 Å². The van der Waals surface area contributed by atoms with E-state index < -0.39 is 5.91 Å². The molecule has 1 aromatic carbocycles. The molecule has 0 saturated carbocycles. The number of nitriles is 1. The Morgan fingerprint density at radius 1 is 1.32 bits per heavy atom. The van der Waals surface area contributed by atoms with Crippen molar-refractivity contribution in [3.8, 4) is 6.07 Å². The quantitative estimate of drug-likeness (QED) is 0.626. The molecule has 1 amide bonds. The van der Waals surface area contributed by atoms with Gasteiger partial charge in [-0.05, 0) is 49.4 Å². The smallest absolute Gasteiger partial charge is 0.254 e. The Labute approximate surface area is 178 Å². The molecule has 0 radical (unpaired) electrons. The fraction of sp³-hybridized carbons (Fsp3) is 0.286. The second-order valence-corrected chi connectivity index (χ2v) is 7.41. The number of nitrogens with two attached hydrogens (primary N) is 1. The molecule has 1 fully saturated rings. The van der Waals surface area contributed by atoms with Crippen molar-refractivity contribution in [3.63, 3.8) is 0 Å². The van der Waals surface area contributed by atoms with Gasteiger partial charge in [0.25, 0.3) is 5.91 Å². The van der Waals surface area contributed by atoms with E-state index in [1.165, 1.54) is 12.1 Å². The maximum absolute atomic E-state index is 13.2. The highest BCUT2D eigenvalue weighted by Gasteiger charge is 2.32. The summed E-state index contributed by atoms with van der Waals surface area (Å²) in [6.45, 7) is 1.91. The number of nitrogens with one attached hydrogen (secondary N) is 1. The molecule has 3 N–H and O–H groups in total. The number of amides is 1. The summed E-state index contributed by atoms with van der Waals surface area (Å²) in [5.41, 5.74) is 7.16. The fourth-order valence-corrected chi connectivity index (χ4v) is 3.71. The maximum Gasteiger partial charge on any atom is 0.254 e. The van der Waals surface area contributed by atoms with Crippen LogP contribution in [0.1, 0.15) is 28.5 Å². The molecule has 4 rings (SSSR count). The fourth-order valence-electron chi connectivity index (χ4n) is 3.71. The van der Waals surface area contributed by atoms with Gasteiger partial charge in [0.05, 0.1) is 23.7 Å². The molecule has 2 aromatic heterocycles. The lowest BCUT2D eigenvalue weighted by molar-refractivity contribution is 0.1000. The highest BCUT2D eigenvalue weighted by atomic mass is 19.1. The monoisotopic (exact) mass is 420 g/mol. The zero-order chi connectivity index (χ0) is 21.8. The molecule has 158 valence electrons. The third-order valence-corrected chi connectivity index (χ3v) is 5.29. The first-order valence-electron chi connectivity index (χ1n) is 9.83. The van der Waals surface area contributed by atoms with Crippen LogP contribution in [0.4, 0.5) is 15.9 Å². The highest BCUT2D eigenvalue weighted by Crippen LogP contribution is 2.30. The van der Waals surface area contributed by atoms with Crippen molar-refractivity contribution in [1.82, 2.24) is 24.9 Å². The Morgan fingerprint density at radius 2 is 2.13 bits per heavy atom. The molecule has 3 aromatic rings. The molecule has 0 aliphatic carbocycles. The number of anilines is 2. The first-order chi connectivity index (χ1) is 15.0. The lowest BCUT2D eigenvalue weighted by Crippen LogP contribution is -2.41. The largest absolute Gasteiger partial charge is 0.365 e. The molecule has 9 nitrogen and oxygen atoms in total. The third kappa shape index (κ3) is 4.67. The SMILES string of the molecule is N#C[C@H]1CCN(Cc2cccnn2)C[C@@H]1n1cc(C(N)=O)c(Nc2ccc(F)cc2)n1. The molecule has 0 unspecified atom stereocenters. The van der Waals surface area contributed by atoms with E-state index in [1.54, 1.807) is 29.2 Å². The van der Waals surface area contributed by atoms with Crippen molar-refractivity contribution in [2.75, 3.05) is 18.4 Å². The molecule has 31 heavy (non-hydrogen) atoms. The van der Waals surface area contributed by atoms with E-state index in [4.69, 9.17) is 5.73 Å². The van der Waals surface area contributed by atoms with Gasteiger partial charge in [-0.1, -0.05) is 0 Å². The number of rotatable bonds is 6. The molecular formula is C21H21FN8O. The Bertz CT molecular complexity index is 1090. The predicted molar refractivity (Wildman–Crippen MR) is 110 cm³/mol. The molecule has 1 aliphatic rings. The molecule has 0 spiro atoms. The van der Waals surface area contributed by atoms with Crippen LogP contribution in [0.25, 0.3) is 0 Å². The van der Waals surface area contributed by atoms with Crippen LogP contribution in [0, 0.1) is 23.1 Å². The van der Waals surface area contributed by atoms with Gasteiger partial charge in [-0.25, -0.2) is 4.39 Å². The van der Waals surface area contributed by atoms with E-state index in [-0.39, 0.29) is 29.2 Å². The van der Waals surface area contributed by atoms with E-state index in [2.05, 4.69) is 31.6 Å². The third-order valence-electron chi connectivity index (χ3n) is 5.29. The lowest BCUT2D eigenvalue weighted by Gasteiger charge is -2.35. The number of likely N-dealkylation sites (tertiary alicyclic amines) is 1. The number of halogens is 1. The van der Waals surface area contributed by atoms with Crippen LogP contribution >= 0.6 is 0 Å². The van der Waals surface area contributed by atoms with Crippen molar-refractivity contribution in [2.24, 2.45) is 11.7 Å². The molecule has 3 heterocycles. The number of piperidine rings is 1. The van der Waals surface area contributed by atoms with Crippen molar-refractivity contribution in [2.45, 2.75) is 19.0 Å². The molecule has 10 heteroatoms. The summed E-state index contributed by atoms with van der Waals surface area (Å²) in [6, 6.07) is 11.5. The summed E-state index contributed by atoms with van der Waals surface area (Å²) in [7, 11) is 0. The standard InChI is InChI=1S/C21H21FN8O/c22-15-3-5-16(6-4-15)26-21-18(20(24)31)12-30(28-21)19-13-29(9-7-14(19)10-23)11-17-2-1-8-25-27-17/h1-6,8,12,14,19H,7,9,11,13H2,(H2,24,31)(H,26,28)/t14-,19+/m1/s1. The zero-order valence-electron chi connectivity index (χ0n) is 16.6. The summed E-state index contributed by atoms with van der Waals surface area (Å²) in [5, 5.41) is 25.2. The topological polar surface area (TPSA) is 126 Å². The van der Waals surface area contributed by atoms with E-state index in [1.807, 2.05) is 12.1 Å². The summed E-state index contributed by atoms with van der Waals surface area (Å²) in [6.07, 6.45) is 3.85. The van der Waals surface area contributed by atoms with Gasteiger partial charge in [0.2, 0.25) is 0 Å². The van der Waals surface area contributed by atoms with Gasteiger partial charge in [0, 0.05) is 31.2 Å². The molecule has 0 bridgehead atoms. The van der Waals surface area contributed by atoms with Crippen molar-refractivity contribution >= 4 is 17.4 Å². The minimum atomic E-state index is -0.642. The normalized spacial score (nSPS) is 19.0. The van der Waals surface area contributed by atoms with Crippen molar-refractivity contribution in [1.29, 1.82) is 5.26 Å². The van der Waals surface area contributed by atoms with Crippen LogP contribution in [0.5, 0.6) is 0 Å². The molecule has 1 saturated heterocycles. The van der Waals surface area contributed by atoms with Crippen LogP contribution in [0.15, 0.2) is 48.8 Å². The summed E-state index contributed by atoms with van der Waals surface area (Å²) in [4.78, 5) is 14.2. The Morgan fingerprint density at radius 3 is 2.81 bits per heavy atom. The second-order valence-electron chi connectivity index (χ2n) is 7.41. The zero-order valence-corrected chi connectivity index (χ0v) is 16.6. The van der Waals surface area contributed by atoms with E-state index >= 15 is 0 Å². The Hall–Kier alpha value is -3.84.